The Morgan fingerprint density at radius 2 is 1.80 bits per heavy atom. The molecule has 0 saturated carbocycles. The molecule has 1 aromatic carbocycles. The molecule has 15 heavy (non-hydrogen) atoms. The zero-order chi connectivity index (χ0) is 11.7. The molecule has 1 atom stereocenters. The average Bonchev–Trinajstić information content (AvgIpc) is 2.29. The molecule has 0 bridgehead atoms. The maximum atomic E-state index is 3.36. The van der Waals surface area contributed by atoms with Gasteiger partial charge in [-0.2, -0.15) is 0 Å². The van der Waals surface area contributed by atoms with E-state index in [0.717, 1.165) is 0 Å². The van der Waals surface area contributed by atoms with Crippen LogP contribution in [-0.2, 0) is 0 Å². The van der Waals surface area contributed by atoms with Crippen LogP contribution >= 0.6 is 0 Å². The van der Waals surface area contributed by atoms with Crippen molar-refractivity contribution in [1.29, 1.82) is 0 Å². The van der Waals surface area contributed by atoms with Crippen molar-refractivity contribution >= 4 is 5.69 Å². The van der Waals surface area contributed by atoms with E-state index >= 15 is 0 Å². The first kappa shape index (κ1) is 13.8. The molecule has 1 unspecified atom stereocenters. The third-order valence-corrected chi connectivity index (χ3v) is 2.38. The molecule has 0 amide bonds. The van der Waals surface area contributed by atoms with E-state index < -0.39 is 0 Å². The highest BCUT2D eigenvalue weighted by atomic mass is 14.8. The number of nitrogens with one attached hydrogen (secondary N) is 1. The van der Waals surface area contributed by atoms with Crippen molar-refractivity contribution in [2.45, 2.75) is 33.1 Å². The van der Waals surface area contributed by atoms with Crippen LogP contribution in [0.3, 0.4) is 0 Å². The number of rotatable bonds is 3. The molecule has 0 fully saturated rings. The summed E-state index contributed by atoms with van der Waals surface area (Å²) < 4.78 is 0. The summed E-state index contributed by atoms with van der Waals surface area (Å²) in [5, 5.41) is 3.11. The van der Waals surface area contributed by atoms with Gasteiger partial charge in [-0.3, -0.25) is 0 Å². The summed E-state index contributed by atoms with van der Waals surface area (Å²) in [7, 11) is 1.94. The molecule has 0 aromatic heterocycles. The highest BCUT2D eigenvalue weighted by Gasteiger charge is 2.00. The number of benzene rings is 1. The number of allylic oxidation sites excluding steroid dienone is 1. The predicted molar refractivity (Wildman–Crippen MR) is 70.6 cm³/mol. The Morgan fingerprint density at radius 3 is 2.13 bits per heavy atom. The van der Waals surface area contributed by atoms with Gasteiger partial charge in [-0.25, -0.2) is 0 Å². The lowest BCUT2D eigenvalue weighted by molar-refractivity contribution is 0.734. The molecule has 0 radical (unpaired) electrons. The lowest BCUT2D eigenvalue weighted by Crippen LogP contribution is -1.92. The third-order valence-electron chi connectivity index (χ3n) is 2.38. The van der Waals surface area contributed by atoms with Crippen molar-refractivity contribution in [2.24, 2.45) is 0 Å². The van der Waals surface area contributed by atoms with E-state index in [2.05, 4.69) is 50.0 Å². The van der Waals surface area contributed by atoms with E-state index in [0.29, 0.717) is 5.92 Å². The van der Waals surface area contributed by atoms with Crippen LogP contribution in [0.25, 0.3) is 0 Å². The van der Waals surface area contributed by atoms with Crippen LogP contribution < -0.4 is 5.32 Å². The standard InChI is InChI=1S/C11H17N.C3H6/c1-4-9(2)10-5-7-11(12-3)8-6-10;1-3-2/h5-9,12H,4H2,1-3H3;3H,1H2,2H3. The van der Waals surface area contributed by atoms with Gasteiger partial charge in [0.2, 0.25) is 0 Å². The summed E-state index contributed by atoms with van der Waals surface area (Å²) in [5.41, 5.74) is 2.61. The van der Waals surface area contributed by atoms with Gasteiger partial charge in [-0.15, -0.1) is 6.58 Å². The van der Waals surface area contributed by atoms with Crippen molar-refractivity contribution in [3.05, 3.63) is 42.5 Å². The van der Waals surface area contributed by atoms with Crippen molar-refractivity contribution < 1.29 is 0 Å². The SMILES string of the molecule is C=CC.CCC(C)c1ccc(NC)cc1. The Bertz CT molecular complexity index is 261. The Balaban J connectivity index is 0.000000583. The molecular weight excluding hydrogens is 182 g/mol. The first-order valence-electron chi connectivity index (χ1n) is 5.54. The summed E-state index contributed by atoms with van der Waals surface area (Å²) in [5.74, 6) is 0.677. The summed E-state index contributed by atoms with van der Waals surface area (Å²) in [6, 6.07) is 8.64. The highest BCUT2D eigenvalue weighted by molar-refractivity contribution is 5.44. The van der Waals surface area contributed by atoms with Crippen LogP contribution in [0.2, 0.25) is 0 Å². The second kappa shape index (κ2) is 8.10. The van der Waals surface area contributed by atoms with E-state index in [1.165, 1.54) is 17.7 Å². The molecule has 1 aromatic rings. The van der Waals surface area contributed by atoms with Crippen LogP contribution in [0.15, 0.2) is 36.9 Å². The Morgan fingerprint density at radius 1 is 1.33 bits per heavy atom. The van der Waals surface area contributed by atoms with E-state index in [9.17, 15) is 0 Å². The van der Waals surface area contributed by atoms with Crippen LogP contribution in [0.1, 0.15) is 38.7 Å². The molecule has 0 heterocycles. The molecule has 1 heteroatoms. The fourth-order valence-electron chi connectivity index (χ4n) is 1.21. The molecular formula is C14H23N. The molecule has 0 aliphatic rings. The monoisotopic (exact) mass is 205 g/mol. The minimum Gasteiger partial charge on any atom is -0.388 e. The predicted octanol–water partition coefficient (Wildman–Crippen LogP) is 4.43. The lowest BCUT2D eigenvalue weighted by Gasteiger charge is -2.09. The smallest absolute Gasteiger partial charge is 0.0337 e. The first-order chi connectivity index (χ1) is 7.19. The van der Waals surface area contributed by atoms with E-state index in [1.807, 2.05) is 14.0 Å². The zero-order valence-electron chi connectivity index (χ0n) is 10.4. The molecule has 0 spiro atoms. The van der Waals surface area contributed by atoms with E-state index in [1.54, 1.807) is 6.08 Å². The summed E-state index contributed by atoms with van der Waals surface area (Å²) in [4.78, 5) is 0. The van der Waals surface area contributed by atoms with Crippen molar-refractivity contribution in [3.8, 4) is 0 Å². The summed E-state index contributed by atoms with van der Waals surface area (Å²) in [6.45, 7) is 9.73. The van der Waals surface area contributed by atoms with E-state index in [4.69, 9.17) is 0 Å². The maximum Gasteiger partial charge on any atom is 0.0337 e. The Hall–Kier alpha value is -1.24. The minimum atomic E-state index is 0.677. The number of anilines is 1. The van der Waals surface area contributed by atoms with Gasteiger partial charge in [0, 0.05) is 12.7 Å². The molecule has 1 rings (SSSR count). The second-order valence-corrected chi connectivity index (χ2v) is 3.59. The fraction of sp³-hybridized carbons (Fsp3) is 0.429. The molecule has 1 nitrogen and oxygen atoms in total. The maximum absolute atomic E-state index is 3.36. The topological polar surface area (TPSA) is 12.0 Å². The number of hydrogen-bond acceptors (Lipinski definition) is 1. The van der Waals surface area contributed by atoms with Gasteiger partial charge in [0.15, 0.2) is 0 Å². The van der Waals surface area contributed by atoms with Crippen LogP contribution in [0.4, 0.5) is 5.69 Å². The van der Waals surface area contributed by atoms with Crippen molar-refractivity contribution in [3.63, 3.8) is 0 Å². The van der Waals surface area contributed by atoms with E-state index in [-0.39, 0.29) is 0 Å². The molecule has 84 valence electrons. The van der Waals surface area contributed by atoms with Gasteiger partial charge < -0.3 is 5.32 Å². The average molecular weight is 205 g/mol. The van der Waals surface area contributed by atoms with Gasteiger partial charge in [0.05, 0.1) is 0 Å². The van der Waals surface area contributed by atoms with Gasteiger partial charge in [0.25, 0.3) is 0 Å². The second-order valence-electron chi connectivity index (χ2n) is 3.59. The molecule has 0 aliphatic carbocycles. The van der Waals surface area contributed by atoms with Crippen molar-refractivity contribution in [1.82, 2.24) is 0 Å². The zero-order valence-corrected chi connectivity index (χ0v) is 10.4. The van der Waals surface area contributed by atoms with Crippen molar-refractivity contribution in [2.75, 3.05) is 12.4 Å². The van der Waals surface area contributed by atoms with Crippen LogP contribution in [0.5, 0.6) is 0 Å². The largest absolute Gasteiger partial charge is 0.388 e. The lowest BCUT2D eigenvalue weighted by atomic mass is 9.99. The molecule has 0 aliphatic heterocycles. The molecule has 1 N–H and O–H groups in total. The first-order valence-corrected chi connectivity index (χ1v) is 5.54. The normalized spacial score (nSPS) is 10.9. The highest BCUT2D eigenvalue weighted by Crippen LogP contribution is 2.19. The summed E-state index contributed by atoms with van der Waals surface area (Å²) in [6.07, 6.45) is 2.96. The quantitative estimate of drug-likeness (QED) is 0.720. The summed E-state index contributed by atoms with van der Waals surface area (Å²) >= 11 is 0. The van der Waals surface area contributed by atoms with Crippen LogP contribution in [-0.4, -0.2) is 7.05 Å². The van der Waals surface area contributed by atoms with Gasteiger partial charge in [-0.05, 0) is 37.0 Å². The minimum absolute atomic E-state index is 0.677. The molecule has 0 saturated heterocycles. The van der Waals surface area contributed by atoms with Crippen LogP contribution in [0, 0.1) is 0 Å². The van der Waals surface area contributed by atoms with Gasteiger partial charge >= 0.3 is 0 Å². The van der Waals surface area contributed by atoms with Gasteiger partial charge in [0.1, 0.15) is 0 Å². The Kier molecular flexibility index (Phi) is 7.43. The Labute approximate surface area is 94.2 Å². The third kappa shape index (κ3) is 5.26. The van der Waals surface area contributed by atoms with Gasteiger partial charge in [-0.1, -0.05) is 32.1 Å². The number of hydrogen-bond donors (Lipinski definition) is 1. The fourth-order valence-corrected chi connectivity index (χ4v) is 1.21.